The van der Waals surface area contributed by atoms with Gasteiger partial charge in [0.05, 0.1) is 52.9 Å². The molecule has 0 saturated carbocycles. The van der Waals surface area contributed by atoms with Crippen molar-refractivity contribution in [3.05, 3.63) is 128 Å². The molecule has 8 bridgehead atoms. The third-order valence-electron chi connectivity index (χ3n) is 15.8. The number of phenolic OH excluding ortho intramolecular Hbond substituents is 1. The van der Waals surface area contributed by atoms with Gasteiger partial charge in [0.2, 0.25) is 5.91 Å². The number of aromatic hydroxyl groups is 1. The second kappa shape index (κ2) is 28.9. The summed E-state index contributed by atoms with van der Waals surface area (Å²) >= 11 is 0. The van der Waals surface area contributed by atoms with E-state index in [1.54, 1.807) is 24.3 Å². The van der Waals surface area contributed by atoms with Crippen molar-refractivity contribution in [2.45, 2.75) is 117 Å². The molecule has 0 radical (unpaired) electrons. The van der Waals surface area contributed by atoms with Crippen LogP contribution in [0.1, 0.15) is 145 Å². The van der Waals surface area contributed by atoms with Crippen molar-refractivity contribution in [3.63, 3.8) is 0 Å². The highest BCUT2D eigenvalue weighted by Gasteiger charge is 2.41. The van der Waals surface area contributed by atoms with Gasteiger partial charge < -0.3 is 49.4 Å². The van der Waals surface area contributed by atoms with Crippen LogP contribution in [0.4, 0.5) is 0 Å². The molecule has 84 heavy (non-hydrogen) atoms. The summed E-state index contributed by atoms with van der Waals surface area (Å²) in [6, 6.07) is 9.20. The number of aliphatic imine (C=N–C) groups is 2. The van der Waals surface area contributed by atoms with Gasteiger partial charge in [-0.15, -0.1) is 0 Å². The topological polar surface area (TPSA) is 266 Å². The lowest BCUT2D eigenvalue weighted by molar-refractivity contribution is -0.141. The number of phenols is 1. The van der Waals surface area contributed by atoms with Crippen LogP contribution in [-0.4, -0.2) is 115 Å². The minimum Gasteiger partial charge on any atom is -0.504 e. The maximum absolute atomic E-state index is 14.7. The maximum Gasteiger partial charge on any atom is 0.311 e. The molecule has 4 atom stereocenters. The number of carbonyl (C=O) groups excluding carboxylic acids is 7. The number of nitrogens with one attached hydrogen (secondary N) is 4. The van der Waals surface area contributed by atoms with Gasteiger partial charge >= 0.3 is 17.9 Å². The molecule has 5 N–H and O–H groups in total. The molecule has 7 rings (SSSR count). The van der Waals surface area contributed by atoms with E-state index in [9.17, 15) is 38.7 Å². The van der Waals surface area contributed by atoms with Crippen LogP contribution in [0.3, 0.4) is 0 Å². The molecule has 3 aliphatic heterocycles. The number of aromatic amines is 2. The molecule has 444 valence electrons. The summed E-state index contributed by atoms with van der Waals surface area (Å²) in [5, 5.41) is 15.7. The molecule has 0 fully saturated rings. The summed E-state index contributed by atoms with van der Waals surface area (Å²) in [6.07, 6.45) is 11.8. The molecule has 3 aliphatic rings. The molecule has 0 spiro atoms. The molecule has 2 amide bonds. The lowest BCUT2D eigenvalue weighted by atomic mass is 9.79. The number of aromatic nitrogens is 2. The molecule has 2 aromatic carbocycles. The fourth-order valence-electron chi connectivity index (χ4n) is 11.1. The van der Waals surface area contributed by atoms with Gasteiger partial charge in [-0.05, 0) is 128 Å². The summed E-state index contributed by atoms with van der Waals surface area (Å²) in [5.74, 6) is -3.64. The van der Waals surface area contributed by atoms with Crippen LogP contribution in [0.15, 0.2) is 82.0 Å². The third kappa shape index (κ3) is 15.2. The van der Waals surface area contributed by atoms with E-state index < -0.39 is 29.4 Å². The number of H-pyrrole nitrogens is 2. The first-order chi connectivity index (χ1) is 40.3. The predicted octanol–water partition coefficient (Wildman–Crippen LogP) is 9.59. The number of carbonyl (C=O) groups is 7. The van der Waals surface area contributed by atoms with Gasteiger partial charge in [0.1, 0.15) is 0 Å². The summed E-state index contributed by atoms with van der Waals surface area (Å²) in [6.45, 7) is 14.8. The fraction of sp³-hybridized carbons (Fsp3) is 0.400. The molecule has 4 aromatic rings. The Bertz CT molecular complexity index is 3400. The van der Waals surface area contributed by atoms with Gasteiger partial charge in [-0.3, -0.25) is 43.5 Å². The number of methoxy groups -OCH3 is 4. The Morgan fingerprint density at radius 1 is 0.786 bits per heavy atom. The minimum atomic E-state index is -0.754. The van der Waals surface area contributed by atoms with Gasteiger partial charge in [0, 0.05) is 103 Å². The third-order valence-corrected chi connectivity index (χ3v) is 15.8. The van der Waals surface area contributed by atoms with E-state index in [-0.39, 0.29) is 110 Å². The van der Waals surface area contributed by atoms with Crippen LogP contribution in [0.5, 0.6) is 23.0 Å². The Labute approximate surface area is 489 Å². The smallest absolute Gasteiger partial charge is 0.311 e. The van der Waals surface area contributed by atoms with E-state index in [1.807, 2.05) is 19.1 Å². The zero-order valence-electron chi connectivity index (χ0n) is 49.4. The molecule has 5 heterocycles. The quantitative estimate of drug-likeness (QED) is 0.0136. The van der Waals surface area contributed by atoms with E-state index in [2.05, 4.69) is 54.9 Å². The van der Waals surface area contributed by atoms with Crippen molar-refractivity contribution in [1.82, 2.24) is 20.6 Å². The number of esters is 3. The summed E-state index contributed by atoms with van der Waals surface area (Å²) in [4.78, 5) is 110. The van der Waals surface area contributed by atoms with Crippen LogP contribution >= 0.6 is 0 Å². The molecule has 4 unspecified atom stereocenters. The van der Waals surface area contributed by atoms with E-state index in [1.165, 1.54) is 70.4 Å². The summed E-state index contributed by atoms with van der Waals surface area (Å²) < 4.78 is 26.4. The van der Waals surface area contributed by atoms with Gasteiger partial charge in [0.15, 0.2) is 34.6 Å². The normalized spacial score (nSPS) is 17.3. The van der Waals surface area contributed by atoms with Gasteiger partial charge in [-0.1, -0.05) is 50.8 Å². The van der Waals surface area contributed by atoms with Crippen LogP contribution in [0.25, 0.3) is 24.3 Å². The number of hydrogen-bond acceptors (Lipinski definition) is 15. The molecular weight excluding hydrogens is 1070 g/mol. The maximum atomic E-state index is 14.7. The Morgan fingerprint density at radius 2 is 1.46 bits per heavy atom. The van der Waals surface area contributed by atoms with E-state index >= 15 is 0 Å². The zero-order chi connectivity index (χ0) is 60.8. The van der Waals surface area contributed by atoms with E-state index in [4.69, 9.17) is 33.7 Å². The Kier molecular flexibility index (Phi) is 21.6. The number of allylic oxidation sites excluding steroid dienone is 4. The van der Waals surface area contributed by atoms with Crippen LogP contribution in [0, 0.1) is 25.7 Å². The highest BCUT2D eigenvalue weighted by Crippen LogP contribution is 2.44. The Hall–Kier alpha value is -8.87. The largest absolute Gasteiger partial charge is 0.504 e. The number of benzene rings is 2. The number of ether oxygens (including phenoxy) is 5. The van der Waals surface area contributed by atoms with E-state index in [0.717, 1.165) is 51.6 Å². The number of rotatable bonds is 25. The lowest BCUT2D eigenvalue weighted by Crippen LogP contribution is -2.32. The second-order valence-corrected chi connectivity index (χ2v) is 21.1. The standard InChI is InChI=1S/C65H76N6O13/c1-11-44-36(3)48-33-50-38(5)46(23-26-59(76)82-9)63(70-50)47(32-61(78)83-10)64-62(39(6)51(71-64)35-53-45(12-2)37(4)49(69-53)34-52(44)68-48)65(79)67-28-14-27-66-58(75)15-13-16-60(77)84-55-25-20-41(30-57(55)81-8)18-22-43(73)31-42(72)21-17-40-19-24-54(74)56(29-40)80-7/h11,17-22,24-25,29-30,33,38,46-47,49,68,71,74H,1,12-16,23,26-28,31-32,34-35H2,2-10H3,(H,66,75)(H,67,79)/b21-17+,22-18+,50-33?. The number of amides is 2. The van der Waals surface area contributed by atoms with Gasteiger partial charge in [0.25, 0.3) is 5.91 Å². The van der Waals surface area contributed by atoms with Crippen LogP contribution in [0.2, 0.25) is 0 Å². The van der Waals surface area contributed by atoms with Crippen LogP contribution < -0.4 is 24.8 Å². The van der Waals surface area contributed by atoms with Crippen molar-refractivity contribution < 1.29 is 62.4 Å². The van der Waals surface area contributed by atoms with Gasteiger partial charge in [-0.2, -0.15) is 0 Å². The van der Waals surface area contributed by atoms with Crippen molar-refractivity contribution in [2.24, 2.45) is 21.8 Å². The highest BCUT2D eigenvalue weighted by molar-refractivity contribution is 6.11. The van der Waals surface area contributed by atoms with Gasteiger partial charge in [-0.25, -0.2) is 0 Å². The average molecular weight is 1150 g/mol. The Morgan fingerprint density at radius 3 is 2.13 bits per heavy atom. The predicted molar refractivity (Wildman–Crippen MR) is 321 cm³/mol. The molecule has 19 nitrogen and oxygen atoms in total. The summed E-state index contributed by atoms with van der Waals surface area (Å²) in [5.41, 5.74) is 12.1. The second-order valence-electron chi connectivity index (χ2n) is 21.1. The molecule has 19 heteroatoms. The average Bonchev–Trinajstić information content (AvgIpc) is 4.23. The van der Waals surface area contributed by atoms with Crippen molar-refractivity contribution in [3.8, 4) is 23.0 Å². The van der Waals surface area contributed by atoms with Crippen molar-refractivity contribution >= 4 is 77.0 Å². The first-order valence-corrected chi connectivity index (χ1v) is 28.3. The summed E-state index contributed by atoms with van der Waals surface area (Å²) in [7, 11) is 5.50. The monoisotopic (exact) mass is 1150 g/mol. The SMILES string of the molecule is C=Cc1c2[nH]c(c1C)C=C1N=C(C(CC(=O)OC)c3[nH]c(c(C)c3C(=O)NCCCNC(=O)CCCC(=O)Oc3ccc(/C=C/C(=O)CC(=O)/C=C/c4ccc(O)c(OC)c4)cc3OC)CC3=NC(C2)C(C)=C3CC)C(CCC(=O)OC)C1C. The number of hydrogen-bond donors (Lipinski definition) is 5. The Balaban J connectivity index is 0.982. The zero-order valence-corrected chi connectivity index (χ0v) is 49.4. The number of ketones is 2. The first-order valence-electron chi connectivity index (χ1n) is 28.3. The minimum absolute atomic E-state index is 0.0360. The van der Waals surface area contributed by atoms with Crippen LogP contribution in [-0.2, 0) is 51.1 Å². The van der Waals surface area contributed by atoms with Crippen molar-refractivity contribution in [1.29, 1.82) is 0 Å². The molecule has 0 saturated heterocycles. The highest BCUT2D eigenvalue weighted by atomic mass is 16.6. The fourth-order valence-corrected chi connectivity index (χ4v) is 11.1. The lowest BCUT2D eigenvalue weighted by Gasteiger charge is -2.24. The molecule has 2 aromatic heterocycles. The van der Waals surface area contributed by atoms with Crippen molar-refractivity contribution in [2.75, 3.05) is 41.5 Å². The molecular formula is C65H76N6O13. The number of nitrogens with zero attached hydrogens (tertiary/aromatic N) is 2. The van der Waals surface area contributed by atoms with E-state index in [0.29, 0.717) is 59.3 Å². The first kappa shape index (κ1) is 62.7. The molecule has 0 aliphatic carbocycles. The number of fused-ring (bicyclic) bond motifs is 6.